The Labute approximate surface area is 114 Å². The first-order chi connectivity index (χ1) is 8.95. The number of aryl methyl sites for hydroxylation is 1. The third-order valence-electron chi connectivity index (χ3n) is 3.62. The molecule has 0 spiro atoms. The first-order valence-corrected chi connectivity index (χ1v) is 8.30. The molecule has 0 saturated carbocycles. The molecule has 1 aromatic carbocycles. The predicted molar refractivity (Wildman–Crippen MR) is 74.6 cm³/mol. The lowest BCUT2D eigenvalue weighted by atomic mass is 9.97. The normalized spacial score (nSPS) is 18.3. The van der Waals surface area contributed by atoms with Crippen LogP contribution in [0.3, 0.4) is 0 Å². The van der Waals surface area contributed by atoms with Crippen molar-refractivity contribution in [3.63, 3.8) is 0 Å². The van der Waals surface area contributed by atoms with Gasteiger partial charge in [-0.05, 0) is 25.3 Å². The summed E-state index contributed by atoms with van der Waals surface area (Å²) < 4.78 is 29.2. The third kappa shape index (κ3) is 2.91. The minimum Gasteiger partial charge on any atom is -0.493 e. The Kier molecular flexibility index (Phi) is 4.13. The SMILES string of the molecule is CC(C(NN)c1cccc2c1OCCC2)S(C)(=O)=O. The van der Waals surface area contributed by atoms with Crippen molar-refractivity contribution in [2.24, 2.45) is 5.84 Å². The molecular formula is C13H20N2O3S. The van der Waals surface area contributed by atoms with Crippen LogP contribution < -0.4 is 16.0 Å². The number of hydrazine groups is 1. The molecule has 0 amide bonds. The van der Waals surface area contributed by atoms with Gasteiger partial charge in [-0.3, -0.25) is 11.3 Å². The van der Waals surface area contributed by atoms with Crippen molar-refractivity contribution in [3.8, 4) is 5.75 Å². The lowest BCUT2D eigenvalue weighted by molar-refractivity contribution is 0.281. The van der Waals surface area contributed by atoms with Crippen molar-refractivity contribution < 1.29 is 13.2 Å². The zero-order valence-corrected chi connectivity index (χ0v) is 12.0. The van der Waals surface area contributed by atoms with Gasteiger partial charge in [0.25, 0.3) is 0 Å². The molecule has 0 aromatic heterocycles. The van der Waals surface area contributed by atoms with Gasteiger partial charge in [0.1, 0.15) is 5.75 Å². The minimum atomic E-state index is -3.19. The molecule has 0 fully saturated rings. The summed E-state index contributed by atoms with van der Waals surface area (Å²) in [6.45, 7) is 2.32. The molecule has 1 heterocycles. The molecule has 1 aromatic rings. The van der Waals surface area contributed by atoms with Crippen molar-refractivity contribution in [2.75, 3.05) is 12.9 Å². The summed E-state index contributed by atoms with van der Waals surface area (Å²) in [6.07, 6.45) is 3.16. The van der Waals surface area contributed by atoms with Crippen LogP contribution in [0.25, 0.3) is 0 Å². The van der Waals surface area contributed by atoms with Crippen molar-refractivity contribution >= 4 is 9.84 Å². The van der Waals surface area contributed by atoms with Crippen LogP contribution in [0, 0.1) is 0 Å². The number of rotatable bonds is 4. The number of hydrogen-bond donors (Lipinski definition) is 2. The maximum Gasteiger partial charge on any atom is 0.151 e. The van der Waals surface area contributed by atoms with Gasteiger partial charge in [0.15, 0.2) is 9.84 Å². The Balaban J connectivity index is 2.44. The van der Waals surface area contributed by atoms with E-state index in [-0.39, 0.29) is 0 Å². The van der Waals surface area contributed by atoms with Crippen molar-refractivity contribution in [1.82, 2.24) is 5.43 Å². The second-order valence-electron chi connectivity index (χ2n) is 4.97. The van der Waals surface area contributed by atoms with Gasteiger partial charge in [0.05, 0.1) is 17.9 Å². The molecule has 2 rings (SSSR count). The topological polar surface area (TPSA) is 81.4 Å². The van der Waals surface area contributed by atoms with Crippen LogP contribution >= 0.6 is 0 Å². The zero-order chi connectivity index (χ0) is 14.0. The molecule has 2 atom stereocenters. The van der Waals surface area contributed by atoms with Crippen molar-refractivity contribution in [1.29, 1.82) is 0 Å². The quantitative estimate of drug-likeness (QED) is 0.635. The lowest BCUT2D eigenvalue weighted by Gasteiger charge is -2.27. The van der Waals surface area contributed by atoms with Gasteiger partial charge in [-0.15, -0.1) is 0 Å². The van der Waals surface area contributed by atoms with Crippen LogP contribution in [0.15, 0.2) is 18.2 Å². The first-order valence-electron chi connectivity index (χ1n) is 6.34. The van der Waals surface area contributed by atoms with Crippen LogP contribution in [0.1, 0.15) is 30.5 Å². The van der Waals surface area contributed by atoms with Gasteiger partial charge in [-0.25, -0.2) is 8.42 Å². The van der Waals surface area contributed by atoms with E-state index in [1.54, 1.807) is 6.92 Å². The zero-order valence-electron chi connectivity index (χ0n) is 11.2. The van der Waals surface area contributed by atoms with Crippen LogP contribution in [0.2, 0.25) is 0 Å². The Morgan fingerprint density at radius 2 is 2.16 bits per heavy atom. The summed E-state index contributed by atoms with van der Waals surface area (Å²) in [6, 6.07) is 5.33. The molecule has 106 valence electrons. The fourth-order valence-corrected chi connectivity index (χ4v) is 3.10. The number of ether oxygens (including phenoxy) is 1. The van der Waals surface area contributed by atoms with Gasteiger partial charge >= 0.3 is 0 Å². The van der Waals surface area contributed by atoms with E-state index in [0.717, 1.165) is 29.7 Å². The highest BCUT2D eigenvalue weighted by atomic mass is 32.2. The number of nitrogens with two attached hydrogens (primary N) is 1. The standard InChI is InChI=1S/C13H20N2O3S/c1-9(19(2,16)17)12(15-14)11-7-3-5-10-6-4-8-18-13(10)11/h3,5,7,9,12,15H,4,6,8,14H2,1-2H3. The lowest BCUT2D eigenvalue weighted by Crippen LogP contribution is -2.39. The molecule has 19 heavy (non-hydrogen) atoms. The number of fused-ring (bicyclic) bond motifs is 1. The highest BCUT2D eigenvalue weighted by molar-refractivity contribution is 7.91. The highest BCUT2D eigenvalue weighted by Gasteiger charge is 2.30. The van der Waals surface area contributed by atoms with E-state index in [1.807, 2.05) is 18.2 Å². The van der Waals surface area contributed by atoms with Gasteiger partial charge in [-0.2, -0.15) is 0 Å². The fourth-order valence-electron chi connectivity index (χ4n) is 2.38. The van der Waals surface area contributed by atoms with Crippen LogP contribution in [-0.2, 0) is 16.3 Å². The average molecular weight is 284 g/mol. The van der Waals surface area contributed by atoms with E-state index in [4.69, 9.17) is 10.6 Å². The van der Waals surface area contributed by atoms with Gasteiger partial charge in [-0.1, -0.05) is 18.2 Å². The largest absolute Gasteiger partial charge is 0.493 e. The summed E-state index contributed by atoms with van der Waals surface area (Å²) in [4.78, 5) is 0. The smallest absolute Gasteiger partial charge is 0.151 e. The maximum atomic E-state index is 11.7. The van der Waals surface area contributed by atoms with Crippen LogP contribution in [0.5, 0.6) is 5.75 Å². The summed E-state index contributed by atoms with van der Waals surface area (Å²) in [5.41, 5.74) is 4.55. The minimum absolute atomic E-state index is 0.469. The number of para-hydroxylation sites is 1. The van der Waals surface area contributed by atoms with E-state index in [1.165, 1.54) is 6.26 Å². The summed E-state index contributed by atoms with van der Waals surface area (Å²) >= 11 is 0. The average Bonchev–Trinajstić information content (AvgIpc) is 2.38. The molecule has 0 radical (unpaired) electrons. The fraction of sp³-hybridized carbons (Fsp3) is 0.538. The molecule has 0 saturated heterocycles. The maximum absolute atomic E-state index is 11.7. The Bertz CT molecular complexity index is 557. The Morgan fingerprint density at radius 3 is 2.79 bits per heavy atom. The van der Waals surface area contributed by atoms with E-state index in [0.29, 0.717) is 6.61 Å². The molecule has 3 N–H and O–H groups in total. The summed E-state index contributed by atoms with van der Waals surface area (Å²) in [5, 5.41) is -0.616. The second-order valence-corrected chi connectivity index (χ2v) is 7.37. The number of nitrogens with one attached hydrogen (secondary N) is 1. The molecule has 5 nitrogen and oxygen atoms in total. The summed E-state index contributed by atoms with van der Waals surface area (Å²) in [5.74, 6) is 6.35. The van der Waals surface area contributed by atoms with E-state index in [2.05, 4.69) is 5.43 Å². The summed E-state index contributed by atoms with van der Waals surface area (Å²) in [7, 11) is -3.19. The van der Waals surface area contributed by atoms with Gasteiger partial charge < -0.3 is 4.74 Å². The van der Waals surface area contributed by atoms with E-state index >= 15 is 0 Å². The van der Waals surface area contributed by atoms with Crippen molar-refractivity contribution in [3.05, 3.63) is 29.3 Å². The highest BCUT2D eigenvalue weighted by Crippen LogP contribution is 2.35. The van der Waals surface area contributed by atoms with Gasteiger partial charge in [0.2, 0.25) is 0 Å². The number of benzene rings is 1. The predicted octanol–water partition coefficient (Wildman–Crippen LogP) is 0.949. The van der Waals surface area contributed by atoms with E-state index in [9.17, 15) is 8.42 Å². The Hall–Kier alpha value is -1.11. The monoisotopic (exact) mass is 284 g/mol. The third-order valence-corrected chi connectivity index (χ3v) is 5.25. The molecule has 1 aliphatic rings. The Morgan fingerprint density at radius 1 is 1.42 bits per heavy atom. The molecular weight excluding hydrogens is 264 g/mol. The van der Waals surface area contributed by atoms with Gasteiger partial charge in [0, 0.05) is 11.8 Å². The molecule has 2 unspecified atom stereocenters. The first kappa shape index (κ1) is 14.3. The second kappa shape index (κ2) is 5.48. The molecule has 0 bridgehead atoms. The molecule has 6 heteroatoms. The van der Waals surface area contributed by atoms with Crippen LogP contribution in [0.4, 0.5) is 0 Å². The number of hydrogen-bond acceptors (Lipinski definition) is 5. The van der Waals surface area contributed by atoms with Crippen molar-refractivity contribution in [2.45, 2.75) is 31.1 Å². The van der Waals surface area contributed by atoms with E-state index < -0.39 is 21.1 Å². The molecule has 1 aliphatic heterocycles. The number of sulfone groups is 1. The van der Waals surface area contributed by atoms with Crippen LogP contribution in [-0.4, -0.2) is 26.5 Å². The molecule has 0 aliphatic carbocycles.